The fraction of sp³-hybridized carbons (Fsp3) is 0.479. The number of benzene rings is 4. The molecule has 2 aromatic heterocycles. The average molecular weight is 2020 g/mol. The third kappa shape index (κ3) is 29.6. The van der Waals surface area contributed by atoms with Crippen LogP contribution < -0.4 is 75.1 Å². The number of fused-ring (bicyclic) bond motifs is 12. The maximum atomic E-state index is 16.2. The molecule has 0 unspecified atom stereocenters. The second-order valence-electron chi connectivity index (χ2n) is 36.0. The Kier molecular flexibility index (Phi) is 39.1. The average Bonchev–Trinajstić information content (AvgIpc) is 1.62. The number of carboxylic acids is 4. The summed E-state index contributed by atoms with van der Waals surface area (Å²) in [6.45, 7) is -3.44. The molecule has 8 heterocycles. The van der Waals surface area contributed by atoms with Crippen LogP contribution in [0.15, 0.2) is 122 Å². The van der Waals surface area contributed by atoms with Crippen molar-refractivity contribution in [1.82, 2.24) is 87.2 Å². The lowest BCUT2D eigenvalue weighted by atomic mass is 9.97. The Bertz CT molecular complexity index is 5780. The quantitative estimate of drug-likeness (QED) is 0.0293. The van der Waals surface area contributed by atoms with Crippen LogP contribution in [0.5, 0.6) is 11.5 Å². The molecule has 0 spiro atoms. The van der Waals surface area contributed by atoms with Crippen molar-refractivity contribution in [1.29, 1.82) is 0 Å². The van der Waals surface area contributed by atoms with Crippen LogP contribution in [0.25, 0.3) is 21.8 Å². The zero-order valence-electron chi connectivity index (χ0n) is 79.3. The van der Waals surface area contributed by atoms with Crippen molar-refractivity contribution in [2.45, 2.75) is 219 Å². The molecule has 0 saturated carbocycles. The van der Waals surface area contributed by atoms with Crippen molar-refractivity contribution in [3.8, 4) is 11.5 Å². The van der Waals surface area contributed by atoms with Gasteiger partial charge in [0.15, 0.2) is 0 Å². The molecular weight excluding hydrogens is 1900 g/mol. The third-order valence-electron chi connectivity index (χ3n) is 25.8. The van der Waals surface area contributed by atoms with E-state index in [0.717, 1.165) is 24.5 Å². The Labute approximate surface area is 829 Å². The number of piperidine rings is 1. The topological polar surface area (TPSA) is 707 Å². The van der Waals surface area contributed by atoms with E-state index in [9.17, 15) is 83.4 Å². The summed E-state index contributed by atoms with van der Waals surface area (Å²) in [6.07, 6.45) is -1.02. The largest absolute Gasteiger partial charge is 0.508 e. The molecule has 47 nitrogen and oxygen atoms in total. The van der Waals surface area contributed by atoms with Crippen molar-refractivity contribution in [3.63, 3.8) is 0 Å². The number of para-hydroxylation sites is 2. The number of nitrogens with zero attached hydrogens (tertiary/aromatic N) is 6. The second-order valence-corrected chi connectivity index (χ2v) is 37.1. The van der Waals surface area contributed by atoms with E-state index in [1.807, 2.05) is 0 Å². The number of carbonyl (C=O) groups excluding carboxylic acids is 16. The number of ether oxygens (including phenoxy) is 1. The van der Waals surface area contributed by atoms with Gasteiger partial charge in [-0.1, -0.05) is 72.8 Å². The van der Waals surface area contributed by atoms with Gasteiger partial charge in [-0.2, -0.15) is 0 Å². The van der Waals surface area contributed by atoms with Gasteiger partial charge in [-0.05, 0) is 136 Å². The van der Waals surface area contributed by atoms with Gasteiger partial charge in [0.2, 0.25) is 94.5 Å². The summed E-state index contributed by atoms with van der Waals surface area (Å²) in [5.41, 5.74) is 20.2. The number of aromatic hydroxyl groups is 1. The monoisotopic (exact) mass is 2020 g/mol. The van der Waals surface area contributed by atoms with Crippen molar-refractivity contribution in [2.75, 3.05) is 71.5 Å². The molecule has 0 radical (unpaired) electrons. The molecule has 774 valence electrons. The van der Waals surface area contributed by atoms with Gasteiger partial charge in [-0.3, -0.25) is 95.9 Å². The van der Waals surface area contributed by atoms with Crippen molar-refractivity contribution in [2.24, 2.45) is 17.2 Å². The number of thioether (sulfide) groups is 1. The molecule has 6 aromatic rings. The van der Waals surface area contributed by atoms with Crippen LogP contribution in [0.4, 0.5) is 0 Å². The molecule has 144 heavy (non-hydrogen) atoms. The number of allylic oxidation sites excluding steroid dienone is 1. The van der Waals surface area contributed by atoms with Crippen LogP contribution in [0.2, 0.25) is 0 Å². The van der Waals surface area contributed by atoms with Gasteiger partial charge >= 0.3 is 23.9 Å². The number of nitrogens with one attached hydrogen (secondary N) is 11. The lowest BCUT2D eigenvalue weighted by Crippen LogP contribution is -2.62. The first-order valence-electron chi connectivity index (χ1n) is 47.3. The SMILES string of the molecule is CN1C(=O)[C@H](Cc2cn(CC(=O)O)c3ccccc23)NC(=O)[C@H](CCN)NC(=O)[C@H](Cc2c[nH]c3ccccc23)NC(=O)[C@@H]2C[C@@H](O)CN2C(=O)[C@H](CCC(=O)O)NC(=O)[C@H](CN)NC(=O)[C@@H]2CCCN2C(=O)[C@H](CC(=O)O)NC(=O)[C@H]2CCCCN2C(=O)[C@H](Cc2ccc(O)cc2)NC(=O)CSC[C@@H](C(=O)NCC(N)=O)NC(=O)[C@H](CCC(=O)O)NC(=O)[C@@H]2Cc3ccc(cc3)OC/C=C\CCC[C@H]1C(=O)N2C. The van der Waals surface area contributed by atoms with Crippen LogP contribution in [0.3, 0.4) is 0 Å². The van der Waals surface area contributed by atoms with Gasteiger partial charge in [-0.15, -0.1) is 11.8 Å². The molecule has 48 heteroatoms. The number of primary amides is 1. The van der Waals surface area contributed by atoms with Crippen LogP contribution in [0, 0.1) is 0 Å². The molecule has 6 aliphatic heterocycles. The molecule has 23 N–H and O–H groups in total. The maximum absolute atomic E-state index is 16.2. The van der Waals surface area contributed by atoms with E-state index in [0.29, 0.717) is 62.4 Å². The third-order valence-corrected chi connectivity index (χ3v) is 26.8. The van der Waals surface area contributed by atoms with Crippen LogP contribution in [-0.2, 0) is 128 Å². The van der Waals surface area contributed by atoms with Gasteiger partial charge in [0.25, 0.3) is 0 Å². The number of rotatable bonds is 22. The number of aromatic nitrogens is 2. The first-order chi connectivity index (χ1) is 68.8. The van der Waals surface area contributed by atoms with Crippen molar-refractivity contribution >= 4 is 152 Å². The van der Waals surface area contributed by atoms with Gasteiger partial charge in [0.05, 0.1) is 24.8 Å². The predicted octanol–water partition coefficient (Wildman–Crippen LogP) is -3.49. The second kappa shape index (κ2) is 51.6. The summed E-state index contributed by atoms with van der Waals surface area (Å²) < 4.78 is 7.37. The Morgan fingerprint density at radius 3 is 1.72 bits per heavy atom. The number of aliphatic hydroxyl groups is 1. The summed E-state index contributed by atoms with van der Waals surface area (Å²) in [5, 5.41) is 88.9. The standard InChI is InChI=1S/C96H122N20O27S/c1-111-74-19-5-3-4-12-37-143-58-27-23-53(24-28-58)39-75(112(2)96(74)142)90(136)104-62(29-31-79(121)122)84(130)110-70(83(129)101-46-77(99)119)50-144-51-78(120)102-66(38-52-21-25-56(117)26-22-52)94(140)114-35-11-10-18-72(114)88(134)108-68(43-81(125)126)95(141)115-36-13-20-73(115)89(135)109-69(44-98)87(133)105-64(30-32-80(123)124)93(139)116-48-57(118)42-76(116)91(137)106-65(40-54-45-100-61-16-8-6-14-59(54)61)86(132)103-63(33-34-97)85(131)107-67(92(111)138)41-55-47-113(49-82(127)128)71-17-9-7-15-60(55)71/h4,6-9,12,14-17,21-28,45,47,57,62-70,72-76,100,117-118H,3,5,10-11,13,18-20,29-44,46,48-51,97-98H2,1-2H3,(H2,99,119)(H,101,129)(H,102,120)(H,103,132)(H,104,136)(H,105,133)(H,106,137)(H,107,131)(H,108,134)(H,109,135)(H,110,130)(H,121,122)(H,123,124)(H,125,126)(H,127,128)/b12-4-/t57-,62+,63+,64+,65+,66+,67+,68+,69+,70+,72-,73+,74+,75+,76+/m1/s1. The number of aromatic amines is 1. The van der Waals surface area contributed by atoms with E-state index >= 15 is 43.2 Å². The Balaban J connectivity index is 0.987. The van der Waals surface area contributed by atoms with Crippen LogP contribution in [-0.4, -0.2) is 345 Å². The molecule has 4 bridgehead atoms. The highest BCUT2D eigenvalue weighted by atomic mass is 32.2. The number of phenols is 1. The zero-order valence-corrected chi connectivity index (χ0v) is 80.1. The summed E-state index contributed by atoms with van der Waals surface area (Å²) in [4.78, 5) is 298. The molecule has 16 amide bonds. The Hall–Kier alpha value is -15.1. The van der Waals surface area contributed by atoms with Gasteiger partial charge in [0, 0.05) is 125 Å². The minimum absolute atomic E-state index is 0.0590. The highest BCUT2D eigenvalue weighted by molar-refractivity contribution is 8.00. The van der Waals surface area contributed by atoms with Crippen molar-refractivity contribution < 1.29 is 131 Å². The number of carbonyl (C=O) groups is 20. The number of hydrogen-bond donors (Lipinski definition) is 20. The highest BCUT2D eigenvalue weighted by Gasteiger charge is 2.48. The fourth-order valence-electron chi connectivity index (χ4n) is 18.3. The normalized spacial score (nSPS) is 25.2. The molecule has 4 saturated heterocycles. The number of hydrogen-bond acceptors (Lipinski definition) is 26. The summed E-state index contributed by atoms with van der Waals surface area (Å²) in [7, 11) is 2.48. The molecule has 4 fully saturated rings. The maximum Gasteiger partial charge on any atom is 0.323 e. The number of phenolic OH excluding ortho intramolecular Hbond substituents is 1. The van der Waals surface area contributed by atoms with E-state index < -0.39 is 298 Å². The van der Waals surface area contributed by atoms with Gasteiger partial charge in [0.1, 0.15) is 109 Å². The number of likely N-dealkylation sites (N-methyl/N-ethyl adjacent to an activating group) is 2. The summed E-state index contributed by atoms with van der Waals surface area (Å²) in [6, 6.07) is 0.972. The molecule has 12 rings (SSSR count). The lowest BCUT2D eigenvalue weighted by Gasteiger charge is -2.38. The van der Waals surface area contributed by atoms with E-state index in [2.05, 4.69) is 58.2 Å². The highest BCUT2D eigenvalue weighted by Crippen LogP contribution is 2.30. The minimum atomic E-state index is -1.95. The summed E-state index contributed by atoms with van der Waals surface area (Å²) in [5.74, 6) is -23.8. The first-order valence-corrected chi connectivity index (χ1v) is 48.5. The number of aliphatic carboxylic acids is 4. The predicted molar refractivity (Wildman–Crippen MR) is 515 cm³/mol. The number of nitrogens with two attached hydrogens (primary N) is 3. The smallest absolute Gasteiger partial charge is 0.323 e. The van der Waals surface area contributed by atoms with Crippen molar-refractivity contribution in [3.05, 3.63) is 144 Å². The number of amides is 16. The minimum Gasteiger partial charge on any atom is -0.508 e. The van der Waals surface area contributed by atoms with Gasteiger partial charge in [-0.25, -0.2) is 0 Å². The van der Waals surface area contributed by atoms with Crippen LogP contribution in [0.1, 0.15) is 119 Å². The van der Waals surface area contributed by atoms with E-state index in [-0.39, 0.29) is 102 Å². The number of carboxylic acid groups (broad SMARTS) is 4. The summed E-state index contributed by atoms with van der Waals surface area (Å²) >= 11 is 0.678. The fourth-order valence-corrected chi connectivity index (χ4v) is 19.1. The Morgan fingerprint density at radius 1 is 0.500 bits per heavy atom. The molecule has 0 aliphatic carbocycles. The first kappa shape index (κ1) is 109. The van der Waals surface area contributed by atoms with Gasteiger partial charge < -0.3 is 140 Å². The molecule has 15 atom stereocenters. The van der Waals surface area contributed by atoms with Crippen LogP contribution >= 0.6 is 11.8 Å². The zero-order chi connectivity index (χ0) is 104. The van der Waals surface area contributed by atoms with E-state index in [1.165, 1.54) is 49.1 Å². The molecule has 6 aliphatic rings. The van der Waals surface area contributed by atoms with E-state index in [4.69, 9.17) is 21.9 Å². The lowest BCUT2D eigenvalue weighted by molar-refractivity contribution is -0.149. The van der Waals surface area contributed by atoms with E-state index in [1.54, 1.807) is 91.1 Å². The Morgan fingerprint density at radius 2 is 1.05 bits per heavy atom. The number of H-pyrrole nitrogens is 1. The number of aliphatic hydroxyl groups excluding tert-OH is 1. The molecular formula is C96H122N20O27S. The molecule has 4 aromatic carbocycles.